The van der Waals surface area contributed by atoms with Crippen LogP contribution in [0.25, 0.3) is 0 Å². The van der Waals surface area contributed by atoms with Gasteiger partial charge in [0.2, 0.25) is 0 Å². The van der Waals surface area contributed by atoms with Crippen LogP contribution in [0.4, 0.5) is 8.78 Å². The Labute approximate surface area is 92.6 Å². The quantitative estimate of drug-likeness (QED) is 0.844. The zero-order valence-electron chi connectivity index (χ0n) is 9.71. The van der Waals surface area contributed by atoms with Gasteiger partial charge >= 0.3 is 0 Å². The fraction of sp³-hybridized carbons (Fsp3) is 0.600. The molecular formula is C10H15F2N3O. The SMILES string of the molecule is Cn1cc(C(=O)NC(C)(C)C)c(C(F)F)n1. The lowest BCUT2D eigenvalue weighted by molar-refractivity contribution is 0.0905. The summed E-state index contributed by atoms with van der Waals surface area (Å²) < 4.78 is 26.4. The van der Waals surface area contributed by atoms with Gasteiger partial charge in [-0.1, -0.05) is 0 Å². The molecule has 16 heavy (non-hydrogen) atoms. The standard InChI is InChI=1S/C10H15F2N3O/c1-10(2,3)13-9(16)6-5-15(4)14-7(6)8(11)12/h5,8H,1-4H3,(H,13,16). The molecule has 0 bridgehead atoms. The summed E-state index contributed by atoms with van der Waals surface area (Å²) in [6.45, 7) is 5.34. The van der Waals surface area contributed by atoms with Crippen LogP contribution in [0.5, 0.6) is 0 Å². The number of carbonyl (C=O) groups excluding carboxylic acids is 1. The van der Waals surface area contributed by atoms with Gasteiger partial charge in [0.25, 0.3) is 12.3 Å². The highest BCUT2D eigenvalue weighted by atomic mass is 19.3. The molecular weight excluding hydrogens is 216 g/mol. The van der Waals surface area contributed by atoms with E-state index in [9.17, 15) is 13.6 Å². The van der Waals surface area contributed by atoms with E-state index in [0.29, 0.717) is 0 Å². The van der Waals surface area contributed by atoms with Crippen LogP contribution >= 0.6 is 0 Å². The van der Waals surface area contributed by atoms with Crippen LogP contribution in [0.1, 0.15) is 43.2 Å². The predicted molar refractivity (Wildman–Crippen MR) is 55.4 cm³/mol. The van der Waals surface area contributed by atoms with Gasteiger partial charge in [-0.25, -0.2) is 8.78 Å². The number of aromatic nitrogens is 2. The molecule has 6 heteroatoms. The Morgan fingerprint density at radius 2 is 2.06 bits per heavy atom. The van der Waals surface area contributed by atoms with Crippen molar-refractivity contribution in [3.63, 3.8) is 0 Å². The number of hydrogen-bond donors (Lipinski definition) is 1. The van der Waals surface area contributed by atoms with Gasteiger partial charge in [0.1, 0.15) is 5.69 Å². The van der Waals surface area contributed by atoms with Crippen LogP contribution in [0, 0.1) is 0 Å². The molecule has 0 saturated heterocycles. The number of aryl methyl sites for hydroxylation is 1. The predicted octanol–water partition coefficient (Wildman–Crippen LogP) is 1.89. The van der Waals surface area contributed by atoms with Crippen molar-refractivity contribution in [2.75, 3.05) is 0 Å². The van der Waals surface area contributed by atoms with Crippen LogP contribution in [0.3, 0.4) is 0 Å². The van der Waals surface area contributed by atoms with Crippen molar-refractivity contribution < 1.29 is 13.6 Å². The summed E-state index contributed by atoms with van der Waals surface area (Å²) in [6, 6.07) is 0. The summed E-state index contributed by atoms with van der Waals surface area (Å²) in [5.74, 6) is -0.532. The summed E-state index contributed by atoms with van der Waals surface area (Å²) in [4.78, 5) is 11.7. The Kier molecular flexibility index (Phi) is 3.30. The van der Waals surface area contributed by atoms with Gasteiger partial charge in [-0.05, 0) is 20.8 Å². The van der Waals surface area contributed by atoms with E-state index in [4.69, 9.17) is 0 Å². The van der Waals surface area contributed by atoms with Gasteiger partial charge in [-0.2, -0.15) is 5.10 Å². The van der Waals surface area contributed by atoms with Crippen LogP contribution in [-0.4, -0.2) is 21.2 Å². The highest BCUT2D eigenvalue weighted by Gasteiger charge is 2.24. The number of nitrogens with zero attached hydrogens (tertiary/aromatic N) is 2. The van der Waals surface area contributed by atoms with Crippen molar-refractivity contribution in [2.45, 2.75) is 32.7 Å². The first-order chi connectivity index (χ1) is 7.20. The molecule has 1 N–H and O–H groups in total. The van der Waals surface area contributed by atoms with Crippen molar-refractivity contribution >= 4 is 5.91 Å². The maximum atomic E-state index is 12.6. The molecule has 0 spiro atoms. The summed E-state index contributed by atoms with van der Waals surface area (Å²) in [5.41, 5.74) is -1.02. The molecule has 0 aliphatic heterocycles. The lowest BCUT2D eigenvalue weighted by atomic mass is 10.1. The Hall–Kier alpha value is -1.46. The maximum Gasteiger partial charge on any atom is 0.282 e. The molecule has 90 valence electrons. The van der Waals surface area contributed by atoms with E-state index >= 15 is 0 Å². The van der Waals surface area contributed by atoms with E-state index in [1.807, 2.05) is 0 Å². The molecule has 0 radical (unpaired) electrons. The molecule has 0 aliphatic rings. The summed E-state index contributed by atoms with van der Waals surface area (Å²) in [6.07, 6.45) is -1.45. The average molecular weight is 231 g/mol. The first-order valence-electron chi connectivity index (χ1n) is 4.85. The van der Waals surface area contributed by atoms with Crippen LogP contribution in [-0.2, 0) is 7.05 Å². The van der Waals surface area contributed by atoms with Crippen molar-refractivity contribution in [2.24, 2.45) is 7.05 Å². The largest absolute Gasteiger partial charge is 0.347 e. The number of alkyl halides is 2. The minimum absolute atomic E-state index is 0.0765. The molecule has 4 nitrogen and oxygen atoms in total. The topological polar surface area (TPSA) is 46.9 Å². The Morgan fingerprint density at radius 1 is 1.50 bits per heavy atom. The number of hydrogen-bond acceptors (Lipinski definition) is 2. The van der Waals surface area contributed by atoms with Crippen molar-refractivity contribution in [3.05, 3.63) is 17.5 Å². The molecule has 1 aromatic heterocycles. The summed E-state index contributed by atoms with van der Waals surface area (Å²) >= 11 is 0. The molecule has 0 unspecified atom stereocenters. The number of amides is 1. The molecule has 0 aliphatic carbocycles. The van der Waals surface area contributed by atoms with E-state index in [-0.39, 0.29) is 5.56 Å². The normalized spacial score (nSPS) is 11.9. The fourth-order valence-electron chi connectivity index (χ4n) is 1.25. The van der Waals surface area contributed by atoms with Crippen LogP contribution < -0.4 is 5.32 Å². The maximum absolute atomic E-state index is 12.6. The molecule has 1 amide bonds. The first-order valence-corrected chi connectivity index (χ1v) is 4.85. The molecule has 0 atom stereocenters. The molecule has 0 saturated carbocycles. The third kappa shape index (κ3) is 3.01. The minimum atomic E-state index is -2.75. The monoisotopic (exact) mass is 231 g/mol. The average Bonchev–Trinajstić information content (AvgIpc) is 2.44. The number of rotatable bonds is 2. The highest BCUT2D eigenvalue weighted by molar-refractivity contribution is 5.95. The number of halogens is 2. The third-order valence-electron chi connectivity index (χ3n) is 1.80. The molecule has 0 fully saturated rings. The number of nitrogens with one attached hydrogen (secondary N) is 1. The summed E-state index contributed by atoms with van der Waals surface area (Å²) in [5, 5.41) is 6.19. The van der Waals surface area contributed by atoms with Crippen LogP contribution in [0.15, 0.2) is 6.20 Å². The zero-order valence-corrected chi connectivity index (χ0v) is 9.71. The van der Waals surface area contributed by atoms with Gasteiger partial charge in [0.05, 0.1) is 5.56 Å². The van der Waals surface area contributed by atoms with Gasteiger partial charge < -0.3 is 5.32 Å². The highest BCUT2D eigenvalue weighted by Crippen LogP contribution is 2.21. The van der Waals surface area contributed by atoms with Crippen LogP contribution in [0.2, 0.25) is 0 Å². The Balaban J connectivity index is 2.99. The zero-order chi connectivity index (χ0) is 12.5. The van der Waals surface area contributed by atoms with E-state index in [1.165, 1.54) is 17.9 Å². The van der Waals surface area contributed by atoms with E-state index in [1.54, 1.807) is 20.8 Å². The Morgan fingerprint density at radius 3 is 2.50 bits per heavy atom. The molecule has 1 heterocycles. The van der Waals surface area contributed by atoms with E-state index < -0.39 is 23.6 Å². The second-order valence-corrected chi connectivity index (χ2v) is 4.61. The smallest absolute Gasteiger partial charge is 0.282 e. The Bertz CT molecular complexity index is 393. The fourth-order valence-corrected chi connectivity index (χ4v) is 1.25. The lowest BCUT2D eigenvalue weighted by Gasteiger charge is -2.20. The number of carbonyl (C=O) groups is 1. The van der Waals surface area contributed by atoms with Gasteiger partial charge in [0, 0.05) is 18.8 Å². The van der Waals surface area contributed by atoms with E-state index in [2.05, 4.69) is 10.4 Å². The lowest BCUT2D eigenvalue weighted by Crippen LogP contribution is -2.40. The second kappa shape index (κ2) is 4.19. The molecule has 0 aromatic carbocycles. The second-order valence-electron chi connectivity index (χ2n) is 4.61. The van der Waals surface area contributed by atoms with Crippen molar-refractivity contribution in [3.8, 4) is 0 Å². The molecule has 1 aromatic rings. The van der Waals surface area contributed by atoms with Gasteiger partial charge in [-0.15, -0.1) is 0 Å². The van der Waals surface area contributed by atoms with E-state index in [0.717, 1.165) is 0 Å². The van der Waals surface area contributed by atoms with Gasteiger partial charge in [-0.3, -0.25) is 9.48 Å². The first kappa shape index (κ1) is 12.6. The third-order valence-corrected chi connectivity index (χ3v) is 1.80. The van der Waals surface area contributed by atoms with Crippen molar-refractivity contribution in [1.82, 2.24) is 15.1 Å². The van der Waals surface area contributed by atoms with Crippen molar-refractivity contribution in [1.29, 1.82) is 0 Å². The van der Waals surface area contributed by atoms with Gasteiger partial charge in [0.15, 0.2) is 0 Å². The summed E-state index contributed by atoms with van der Waals surface area (Å²) in [7, 11) is 1.50. The molecule has 1 rings (SSSR count). The minimum Gasteiger partial charge on any atom is -0.347 e.